The molecule has 18 heavy (non-hydrogen) atoms. The SMILES string of the molecule is CCOC(=O)c1c(-c2ccc(Cl)cc2)ccn1C. The standard InChI is InChI=1S/C14H14ClNO2/c1-3-18-14(17)13-12(8-9-16(13)2)10-4-6-11(15)7-5-10/h4-9H,3H2,1-2H3. The molecule has 0 unspecified atom stereocenters. The monoisotopic (exact) mass is 263 g/mol. The molecule has 2 rings (SSSR count). The molecular formula is C14H14ClNO2. The number of ether oxygens (including phenoxy) is 1. The molecule has 0 fully saturated rings. The lowest BCUT2D eigenvalue weighted by molar-refractivity contribution is 0.0516. The van der Waals surface area contributed by atoms with Crippen molar-refractivity contribution in [3.8, 4) is 11.1 Å². The minimum absolute atomic E-state index is 0.310. The molecule has 4 heteroatoms. The summed E-state index contributed by atoms with van der Waals surface area (Å²) in [6.45, 7) is 2.16. The summed E-state index contributed by atoms with van der Waals surface area (Å²) in [5.41, 5.74) is 2.36. The van der Waals surface area contributed by atoms with Crippen LogP contribution in [0, 0.1) is 0 Å². The summed E-state index contributed by atoms with van der Waals surface area (Å²) in [5, 5.41) is 0.673. The highest BCUT2D eigenvalue weighted by molar-refractivity contribution is 6.30. The van der Waals surface area contributed by atoms with Crippen molar-refractivity contribution in [1.29, 1.82) is 0 Å². The van der Waals surface area contributed by atoms with Gasteiger partial charge in [-0.3, -0.25) is 0 Å². The van der Waals surface area contributed by atoms with E-state index in [9.17, 15) is 4.79 Å². The van der Waals surface area contributed by atoms with Crippen LogP contribution in [0.1, 0.15) is 17.4 Å². The Morgan fingerprint density at radius 3 is 2.56 bits per heavy atom. The Morgan fingerprint density at radius 1 is 1.28 bits per heavy atom. The van der Waals surface area contributed by atoms with Crippen LogP contribution in [0.4, 0.5) is 0 Å². The maximum atomic E-state index is 11.9. The first-order chi connectivity index (χ1) is 8.63. The van der Waals surface area contributed by atoms with E-state index in [0.717, 1.165) is 11.1 Å². The molecule has 0 amide bonds. The van der Waals surface area contributed by atoms with Gasteiger partial charge >= 0.3 is 5.97 Å². The van der Waals surface area contributed by atoms with Gasteiger partial charge in [0.25, 0.3) is 0 Å². The molecule has 0 saturated carbocycles. The number of nitrogens with zero attached hydrogens (tertiary/aromatic N) is 1. The maximum absolute atomic E-state index is 11.9. The van der Waals surface area contributed by atoms with Crippen LogP contribution in [0.25, 0.3) is 11.1 Å². The third-order valence-electron chi connectivity index (χ3n) is 2.70. The van der Waals surface area contributed by atoms with E-state index in [1.54, 1.807) is 23.6 Å². The fourth-order valence-electron chi connectivity index (χ4n) is 1.85. The highest BCUT2D eigenvalue weighted by atomic mass is 35.5. The highest BCUT2D eigenvalue weighted by Gasteiger charge is 2.17. The number of halogens is 1. The summed E-state index contributed by atoms with van der Waals surface area (Å²) in [7, 11) is 1.83. The number of benzene rings is 1. The van der Waals surface area contributed by atoms with Crippen LogP contribution in [0.3, 0.4) is 0 Å². The first-order valence-electron chi connectivity index (χ1n) is 5.72. The predicted octanol–water partition coefficient (Wildman–Crippen LogP) is 3.52. The van der Waals surface area contributed by atoms with Gasteiger partial charge < -0.3 is 9.30 Å². The second kappa shape index (κ2) is 5.27. The molecule has 0 aliphatic carbocycles. The summed E-state index contributed by atoms with van der Waals surface area (Å²) >= 11 is 5.86. The van der Waals surface area contributed by atoms with Crippen LogP contribution in [0.5, 0.6) is 0 Å². The molecular weight excluding hydrogens is 250 g/mol. The van der Waals surface area contributed by atoms with Crippen molar-refractivity contribution in [2.45, 2.75) is 6.92 Å². The molecule has 0 aliphatic heterocycles. The topological polar surface area (TPSA) is 31.2 Å². The minimum Gasteiger partial charge on any atom is -0.461 e. The van der Waals surface area contributed by atoms with Gasteiger partial charge in [-0.2, -0.15) is 0 Å². The van der Waals surface area contributed by atoms with E-state index in [4.69, 9.17) is 16.3 Å². The number of aryl methyl sites for hydroxylation is 1. The fraction of sp³-hybridized carbons (Fsp3) is 0.214. The van der Waals surface area contributed by atoms with Gasteiger partial charge in [0.05, 0.1) is 6.61 Å². The molecule has 3 nitrogen and oxygen atoms in total. The molecule has 0 spiro atoms. The predicted molar refractivity (Wildman–Crippen MR) is 71.8 cm³/mol. The molecule has 0 aliphatic rings. The van der Waals surface area contributed by atoms with Crippen LogP contribution < -0.4 is 0 Å². The average Bonchev–Trinajstić information content (AvgIpc) is 2.72. The van der Waals surface area contributed by atoms with Gasteiger partial charge in [-0.25, -0.2) is 4.79 Å². The third kappa shape index (κ3) is 2.41. The van der Waals surface area contributed by atoms with Crippen molar-refractivity contribution < 1.29 is 9.53 Å². The second-order valence-electron chi connectivity index (χ2n) is 3.92. The van der Waals surface area contributed by atoms with Crippen molar-refractivity contribution in [3.63, 3.8) is 0 Å². The van der Waals surface area contributed by atoms with Gasteiger partial charge in [0, 0.05) is 23.8 Å². The normalized spacial score (nSPS) is 10.4. The lowest BCUT2D eigenvalue weighted by Crippen LogP contribution is -2.10. The number of aromatic nitrogens is 1. The van der Waals surface area contributed by atoms with Crippen LogP contribution in [-0.2, 0) is 11.8 Å². The number of carbonyl (C=O) groups excluding carboxylic acids is 1. The van der Waals surface area contributed by atoms with Crippen molar-refractivity contribution >= 4 is 17.6 Å². The molecule has 0 N–H and O–H groups in total. The summed E-state index contributed by atoms with van der Waals surface area (Å²) in [5.74, 6) is -0.310. The number of esters is 1. The molecule has 2 aromatic rings. The van der Waals surface area contributed by atoms with E-state index in [1.165, 1.54) is 0 Å². The average molecular weight is 264 g/mol. The van der Waals surface area contributed by atoms with Gasteiger partial charge in [-0.15, -0.1) is 0 Å². The molecule has 1 aromatic carbocycles. The molecule has 1 aromatic heterocycles. The number of hydrogen-bond acceptors (Lipinski definition) is 2. The number of carbonyl (C=O) groups is 1. The third-order valence-corrected chi connectivity index (χ3v) is 2.95. The van der Waals surface area contributed by atoms with Crippen molar-refractivity contribution in [1.82, 2.24) is 4.57 Å². The summed E-state index contributed by atoms with van der Waals surface area (Å²) in [4.78, 5) is 11.9. The quantitative estimate of drug-likeness (QED) is 0.794. The van der Waals surface area contributed by atoms with Crippen molar-refractivity contribution in [2.24, 2.45) is 7.05 Å². The van der Waals surface area contributed by atoms with Crippen LogP contribution in [0.2, 0.25) is 5.02 Å². The fourth-order valence-corrected chi connectivity index (χ4v) is 1.97. The molecule has 0 saturated heterocycles. The van der Waals surface area contributed by atoms with Crippen LogP contribution in [0.15, 0.2) is 36.5 Å². The largest absolute Gasteiger partial charge is 0.461 e. The minimum atomic E-state index is -0.310. The summed E-state index contributed by atoms with van der Waals surface area (Å²) < 4.78 is 6.83. The van der Waals surface area contributed by atoms with Crippen LogP contribution in [-0.4, -0.2) is 17.1 Å². The Bertz CT molecular complexity index is 558. The molecule has 0 radical (unpaired) electrons. The summed E-state index contributed by atoms with van der Waals surface area (Å²) in [6.07, 6.45) is 1.84. The zero-order valence-corrected chi connectivity index (χ0v) is 11.1. The van der Waals surface area contributed by atoms with E-state index in [1.807, 2.05) is 31.4 Å². The Labute approximate surface area is 111 Å². The van der Waals surface area contributed by atoms with Crippen molar-refractivity contribution in [3.05, 3.63) is 47.2 Å². The Kier molecular flexibility index (Phi) is 3.72. The smallest absolute Gasteiger partial charge is 0.355 e. The highest BCUT2D eigenvalue weighted by Crippen LogP contribution is 2.26. The van der Waals surface area contributed by atoms with E-state index < -0.39 is 0 Å². The van der Waals surface area contributed by atoms with E-state index in [2.05, 4.69) is 0 Å². The number of rotatable bonds is 3. The van der Waals surface area contributed by atoms with E-state index in [0.29, 0.717) is 17.3 Å². The van der Waals surface area contributed by atoms with E-state index >= 15 is 0 Å². The zero-order chi connectivity index (χ0) is 13.1. The Morgan fingerprint density at radius 2 is 1.94 bits per heavy atom. The molecule has 1 heterocycles. The van der Waals surface area contributed by atoms with Gasteiger partial charge in [0.15, 0.2) is 0 Å². The van der Waals surface area contributed by atoms with Gasteiger partial charge in [0.2, 0.25) is 0 Å². The Balaban J connectivity index is 2.45. The van der Waals surface area contributed by atoms with E-state index in [-0.39, 0.29) is 5.97 Å². The van der Waals surface area contributed by atoms with Gasteiger partial charge in [-0.1, -0.05) is 23.7 Å². The van der Waals surface area contributed by atoms with Crippen molar-refractivity contribution in [2.75, 3.05) is 6.61 Å². The maximum Gasteiger partial charge on any atom is 0.355 e. The van der Waals surface area contributed by atoms with Crippen LogP contribution >= 0.6 is 11.6 Å². The number of hydrogen-bond donors (Lipinski definition) is 0. The molecule has 94 valence electrons. The molecule has 0 atom stereocenters. The lowest BCUT2D eigenvalue weighted by atomic mass is 10.1. The van der Waals surface area contributed by atoms with Gasteiger partial charge in [-0.05, 0) is 30.7 Å². The second-order valence-corrected chi connectivity index (χ2v) is 4.35. The summed E-state index contributed by atoms with van der Waals surface area (Å²) in [6, 6.07) is 9.29. The molecule has 0 bridgehead atoms. The zero-order valence-electron chi connectivity index (χ0n) is 10.3. The lowest BCUT2D eigenvalue weighted by Gasteiger charge is -2.07. The first kappa shape index (κ1) is 12.7. The Hall–Kier alpha value is -1.74. The first-order valence-corrected chi connectivity index (χ1v) is 6.09. The van der Waals surface area contributed by atoms with Gasteiger partial charge in [0.1, 0.15) is 5.69 Å².